The van der Waals surface area contributed by atoms with Crippen molar-refractivity contribution in [3.05, 3.63) is 65.3 Å². The molecule has 2 heterocycles. The SMILES string of the molecule is C[C@H](c1ccncc1)N(C)C(=O)c1cc2ccccc2s1. The largest absolute Gasteiger partial charge is 0.334 e. The Labute approximate surface area is 127 Å². The number of pyridine rings is 1. The van der Waals surface area contributed by atoms with Crippen LogP contribution in [-0.2, 0) is 0 Å². The smallest absolute Gasteiger partial charge is 0.264 e. The highest BCUT2D eigenvalue weighted by molar-refractivity contribution is 7.20. The first kappa shape index (κ1) is 13.8. The molecule has 3 rings (SSSR count). The van der Waals surface area contributed by atoms with E-state index in [-0.39, 0.29) is 11.9 Å². The molecule has 1 aromatic carbocycles. The average molecular weight is 296 g/mol. The Hall–Kier alpha value is -2.20. The van der Waals surface area contributed by atoms with E-state index in [1.165, 1.54) is 0 Å². The summed E-state index contributed by atoms with van der Waals surface area (Å²) >= 11 is 1.54. The fourth-order valence-electron chi connectivity index (χ4n) is 2.30. The van der Waals surface area contributed by atoms with Crippen LogP contribution >= 0.6 is 11.3 Å². The van der Waals surface area contributed by atoms with Crippen molar-refractivity contribution in [2.24, 2.45) is 0 Å². The van der Waals surface area contributed by atoms with E-state index in [0.29, 0.717) is 0 Å². The zero-order valence-electron chi connectivity index (χ0n) is 12.0. The van der Waals surface area contributed by atoms with E-state index in [1.807, 2.05) is 56.4 Å². The van der Waals surface area contributed by atoms with Gasteiger partial charge in [0.05, 0.1) is 10.9 Å². The standard InChI is InChI=1S/C17H16N2OS/c1-12(13-7-9-18-10-8-13)19(2)17(20)16-11-14-5-3-4-6-15(14)21-16/h3-12H,1-2H3/t12-/m1/s1. The van der Waals surface area contributed by atoms with Gasteiger partial charge in [-0.3, -0.25) is 9.78 Å². The molecule has 3 aromatic rings. The number of hydrogen-bond donors (Lipinski definition) is 0. The molecule has 0 saturated heterocycles. The lowest BCUT2D eigenvalue weighted by atomic mass is 10.1. The number of nitrogens with zero attached hydrogens (tertiary/aromatic N) is 2. The van der Waals surface area contributed by atoms with Gasteiger partial charge in [0, 0.05) is 24.1 Å². The summed E-state index contributed by atoms with van der Waals surface area (Å²) in [6, 6.07) is 13.9. The van der Waals surface area contributed by atoms with Crippen molar-refractivity contribution >= 4 is 27.3 Å². The lowest BCUT2D eigenvalue weighted by Crippen LogP contribution is -2.29. The predicted octanol–water partition coefficient (Wildman–Crippen LogP) is 4.13. The third-order valence-electron chi connectivity index (χ3n) is 3.73. The molecule has 0 N–H and O–H groups in total. The first-order chi connectivity index (χ1) is 10.2. The number of fused-ring (bicyclic) bond motifs is 1. The van der Waals surface area contributed by atoms with Crippen LogP contribution in [-0.4, -0.2) is 22.8 Å². The van der Waals surface area contributed by atoms with Gasteiger partial charge in [0.1, 0.15) is 0 Å². The van der Waals surface area contributed by atoms with E-state index < -0.39 is 0 Å². The molecule has 3 nitrogen and oxygen atoms in total. The maximum Gasteiger partial charge on any atom is 0.264 e. The first-order valence-electron chi connectivity index (χ1n) is 6.82. The van der Waals surface area contributed by atoms with Gasteiger partial charge in [0.25, 0.3) is 5.91 Å². The number of amides is 1. The third kappa shape index (κ3) is 2.67. The van der Waals surface area contributed by atoms with Crippen molar-refractivity contribution in [3.8, 4) is 0 Å². The van der Waals surface area contributed by atoms with Crippen molar-refractivity contribution in [2.75, 3.05) is 7.05 Å². The molecule has 0 aliphatic carbocycles. The van der Waals surface area contributed by atoms with Gasteiger partial charge in [0.2, 0.25) is 0 Å². The normalized spacial score (nSPS) is 12.3. The highest BCUT2D eigenvalue weighted by Gasteiger charge is 2.20. The van der Waals surface area contributed by atoms with Gasteiger partial charge in [-0.1, -0.05) is 18.2 Å². The van der Waals surface area contributed by atoms with E-state index in [9.17, 15) is 4.79 Å². The van der Waals surface area contributed by atoms with E-state index in [0.717, 1.165) is 20.5 Å². The fourth-order valence-corrected chi connectivity index (χ4v) is 3.35. The van der Waals surface area contributed by atoms with Crippen LogP contribution in [0.5, 0.6) is 0 Å². The van der Waals surface area contributed by atoms with Crippen molar-refractivity contribution in [1.29, 1.82) is 0 Å². The molecule has 0 radical (unpaired) electrons. The number of thiophene rings is 1. The van der Waals surface area contributed by atoms with E-state index in [4.69, 9.17) is 0 Å². The molecule has 0 bridgehead atoms. The minimum atomic E-state index is 0.0192. The summed E-state index contributed by atoms with van der Waals surface area (Å²) in [7, 11) is 1.85. The first-order valence-corrected chi connectivity index (χ1v) is 7.64. The molecular weight excluding hydrogens is 280 g/mol. The minimum absolute atomic E-state index is 0.0192. The van der Waals surface area contributed by atoms with Gasteiger partial charge < -0.3 is 4.90 Å². The second kappa shape index (κ2) is 5.66. The number of rotatable bonds is 3. The van der Waals surface area contributed by atoms with Crippen LogP contribution in [0.3, 0.4) is 0 Å². The Bertz CT molecular complexity index is 734. The minimum Gasteiger partial charge on any atom is -0.334 e. The Kier molecular flexibility index (Phi) is 3.71. The quantitative estimate of drug-likeness (QED) is 0.728. The van der Waals surface area contributed by atoms with Gasteiger partial charge >= 0.3 is 0 Å². The maximum atomic E-state index is 12.6. The maximum absolute atomic E-state index is 12.6. The van der Waals surface area contributed by atoms with Gasteiger partial charge in [-0.2, -0.15) is 0 Å². The van der Waals surface area contributed by atoms with Crippen molar-refractivity contribution in [2.45, 2.75) is 13.0 Å². The van der Waals surface area contributed by atoms with Crippen LogP contribution in [0.4, 0.5) is 0 Å². The third-order valence-corrected chi connectivity index (χ3v) is 4.83. The zero-order chi connectivity index (χ0) is 14.8. The Morgan fingerprint density at radius 2 is 1.90 bits per heavy atom. The van der Waals surface area contributed by atoms with E-state index >= 15 is 0 Å². The monoisotopic (exact) mass is 296 g/mol. The molecule has 21 heavy (non-hydrogen) atoms. The summed E-state index contributed by atoms with van der Waals surface area (Å²) in [5.41, 5.74) is 1.09. The molecule has 0 fully saturated rings. The average Bonchev–Trinajstić information content (AvgIpc) is 2.97. The van der Waals surface area contributed by atoms with E-state index in [2.05, 4.69) is 4.98 Å². The molecule has 0 spiro atoms. The van der Waals surface area contributed by atoms with Crippen molar-refractivity contribution in [1.82, 2.24) is 9.88 Å². The molecule has 106 valence electrons. The van der Waals surface area contributed by atoms with Crippen molar-refractivity contribution in [3.63, 3.8) is 0 Å². The van der Waals surface area contributed by atoms with Crippen LogP contribution in [0.25, 0.3) is 10.1 Å². The summed E-state index contributed by atoms with van der Waals surface area (Å²) in [5, 5.41) is 1.12. The van der Waals surface area contributed by atoms with Gasteiger partial charge in [0.15, 0.2) is 0 Å². The topological polar surface area (TPSA) is 33.2 Å². The molecule has 2 aromatic heterocycles. The van der Waals surface area contributed by atoms with Crippen LogP contribution in [0.15, 0.2) is 54.9 Å². The zero-order valence-corrected chi connectivity index (χ0v) is 12.8. The van der Waals surface area contributed by atoms with Crippen molar-refractivity contribution < 1.29 is 4.79 Å². The molecule has 0 saturated carbocycles. The molecule has 1 atom stereocenters. The Balaban J connectivity index is 1.87. The number of aromatic nitrogens is 1. The van der Waals surface area contributed by atoms with Gasteiger partial charge in [-0.25, -0.2) is 0 Å². The molecule has 0 aliphatic rings. The fraction of sp³-hybridized carbons (Fsp3) is 0.176. The Morgan fingerprint density at radius 1 is 1.19 bits per heavy atom. The Morgan fingerprint density at radius 3 is 2.62 bits per heavy atom. The second-order valence-corrected chi connectivity index (χ2v) is 6.10. The highest BCUT2D eigenvalue weighted by Crippen LogP contribution is 2.28. The summed E-state index contributed by atoms with van der Waals surface area (Å²) in [6.07, 6.45) is 3.51. The lowest BCUT2D eigenvalue weighted by Gasteiger charge is -2.24. The van der Waals surface area contributed by atoms with Crippen LogP contribution < -0.4 is 0 Å². The summed E-state index contributed by atoms with van der Waals surface area (Å²) in [5.74, 6) is 0.0560. The molecular formula is C17H16N2OS. The number of hydrogen-bond acceptors (Lipinski definition) is 3. The van der Waals surface area contributed by atoms with Crippen LogP contribution in [0, 0.1) is 0 Å². The molecule has 0 unspecified atom stereocenters. The van der Waals surface area contributed by atoms with Crippen LogP contribution in [0.2, 0.25) is 0 Å². The molecule has 4 heteroatoms. The lowest BCUT2D eigenvalue weighted by molar-refractivity contribution is 0.0747. The summed E-state index contributed by atoms with van der Waals surface area (Å²) < 4.78 is 1.14. The van der Waals surface area contributed by atoms with Gasteiger partial charge in [-0.15, -0.1) is 11.3 Å². The second-order valence-electron chi connectivity index (χ2n) is 5.02. The number of carbonyl (C=O) groups excluding carboxylic acids is 1. The number of carbonyl (C=O) groups is 1. The van der Waals surface area contributed by atoms with Crippen LogP contribution in [0.1, 0.15) is 28.2 Å². The van der Waals surface area contributed by atoms with Gasteiger partial charge in [-0.05, 0) is 42.1 Å². The number of benzene rings is 1. The highest BCUT2D eigenvalue weighted by atomic mass is 32.1. The predicted molar refractivity (Wildman–Crippen MR) is 86.6 cm³/mol. The molecule has 0 aliphatic heterocycles. The summed E-state index contributed by atoms with van der Waals surface area (Å²) in [4.78, 5) is 19.2. The molecule has 1 amide bonds. The van der Waals surface area contributed by atoms with E-state index in [1.54, 1.807) is 28.6 Å². The summed E-state index contributed by atoms with van der Waals surface area (Å²) in [6.45, 7) is 2.03.